The van der Waals surface area contributed by atoms with Gasteiger partial charge in [-0.05, 0) is 48.4 Å². The monoisotopic (exact) mass is 740 g/mol. The van der Waals surface area contributed by atoms with Crippen LogP contribution in [0.2, 0.25) is 0 Å². The minimum absolute atomic E-state index is 0.0853. The lowest BCUT2D eigenvalue weighted by Crippen LogP contribution is -2.51. The van der Waals surface area contributed by atoms with Gasteiger partial charge in [-0.2, -0.15) is 0 Å². The topological polar surface area (TPSA) is 190 Å². The van der Waals surface area contributed by atoms with E-state index in [4.69, 9.17) is 8.83 Å². The van der Waals surface area contributed by atoms with Crippen molar-refractivity contribution in [3.8, 4) is 0 Å². The molecule has 0 radical (unpaired) electrons. The van der Waals surface area contributed by atoms with E-state index in [-0.39, 0.29) is 35.7 Å². The Morgan fingerprint density at radius 1 is 0.648 bits per heavy atom. The van der Waals surface area contributed by atoms with E-state index in [0.717, 1.165) is 38.3 Å². The van der Waals surface area contributed by atoms with Crippen LogP contribution in [-0.4, -0.2) is 110 Å². The first-order valence-corrected chi connectivity index (χ1v) is 18.1. The van der Waals surface area contributed by atoms with E-state index in [0.29, 0.717) is 44.8 Å². The van der Waals surface area contributed by atoms with Crippen LogP contribution >= 0.6 is 0 Å². The standard InChI is InChI=1S/C20H26N4O3.C19H22N4O4/c25-19(22-15-16-5-2-1-3-6-16)17(8-11-24-12-9-21-10-13-24)23-20(26)18-7-4-14-27-18;24-17(23-10-8-20-9-11-23)13-15(22-19(26)16-7-4-12-27-16)18(25)21-14-5-2-1-3-6-14/h1-7,14,17,21H,8-13,15H2,(H,22,25)(H,23,26);1-7,12,15,20H,8-11,13H2,(H,21,25)(H,22,26). The number of carbonyl (C=O) groups excluding carboxylic acids is 5. The molecule has 286 valence electrons. The van der Waals surface area contributed by atoms with Gasteiger partial charge in [0.2, 0.25) is 17.7 Å². The number of hydrogen-bond donors (Lipinski definition) is 6. The molecule has 6 rings (SSSR count). The van der Waals surface area contributed by atoms with Crippen molar-refractivity contribution in [3.63, 3.8) is 0 Å². The van der Waals surface area contributed by atoms with Crippen LogP contribution in [0.15, 0.2) is 106 Å². The molecular formula is C39H48N8O7. The fourth-order valence-electron chi connectivity index (χ4n) is 5.88. The van der Waals surface area contributed by atoms with Gasteiger partial charge in [-0.1, -0.05) is 48.5 Å². The number of anilines is 1. The second-order valence-corrected chi connectivity index (χ2v) is 12.8. The van der Waals surface area contributed by atoms with E-state index < -0.39 is 23.9 Å². The van der Waals surface area contributed by atoms with Gasteiger partial charge in [0.15, 0.2) is 11.5 Å². The fourth-order valence-corrected chi connectivity index (χ4v) is 5.88. The molecule has 0 spiro atoms. The van der Waals surface area contributed by atoms with Gasteiger partial charge in [0.25, 0.3) is 11.8 Å². The summed E-state index contributed by atoms with van der Waals surface area (Å²) in [6, 6.07) is 23.3. The predicted molar refractivity (Wildman–Crippen MR) is 201 cm³/mol. The highest BCUT2D eigenvalue weighted by atomic mass is 16.3. The molecule has 2 atom stereocenters. The lowest BCUT2D eigenvalue weighted by Gasteiger charge is -2.29. The molecule has 54 heavy (non-hydrogen) atoms. The number of piperazine rings is 2. The Morgan fingerprint density at radius 2 is 1.20 bits per heavy atom. The first-order valence-electron chi connectivity index (χ1n) is 18.1. The van der Waals surface area contributed by atoms with Crippen LogP contribution in [0.4, 0.5) is 5.69 Å². The average Bonchev–Trinajstić information content (AvgIpc) is 3.96. The third-order valence-corrected chi connectivity index (χ3v) is 8.88. The van der Waals surface area contributed by atoms with E-state index >= 15 is 0 Å². The number of rotatable bonds is 14. The number of carbonyl (C=O) groups is 5. The molecule has 2 aliphatic heterocycles. The highest BCUT2D eigenvalue weighted by Crippen LogP contribution is 2.10. The van der Waals surface area contributed by atoms with E-state index in [9.17, 15) is 24.0 Å². The molecule has 4 heterocycles. The Morgan fingerprint density at radius 3 is 1.78 bits per heavy atom. The molecule has 15 nitrogen and oxygen atoms in total. The molecule has 2 aromatic carbocycles. The normalized spacial score (nSPS) is 15.4. The predicted octanol–water partition coefficient (Wildman–Crippen LogP) is 1.83. The first kappa shape index (κ1) is 39.4. The van der Waals surface area contributed by atoms with Crippen LogP contribution in [0, 0.1) is 0 Å². The largest absolute Gasteiger partial charge is 0.459 e. The molecule has 0 saturated carbocycles. The maximum atomic E-state index is 12.7. The summed E-state index contributed by atoms with van der Waals surface area (Å²) in [5, 5.41) is 17.6. The van der Waals surface area contributed by atoms with Gasteiger partial charge >= 0.3 is 0 Å². The van der Waals surface area contributed by atoms with E-state index in [2.05, 4.69) is 36.8 Å². The van der Waals surface area contributed by atoms with Crippen molar-refractivity contribution in [2.75, 3.05) is 64.2 Å². The van der Waals surface area contributed by atoms with Crippen LogP contribution in [-0.2, 0) is 20.9 Å². The van der Waals surface area contributed by atoms with Crippen LogP contribution in [0.1, 0.15) is 39.5 Å². The molecule has 4 aromatic rings. The minimum Gasteiger partial charge on any atom is -0.459 e. The van der Waals surface area contributed by atoms with Crippen molar-refractivity contribution in [1.29, 1.82) is 0 Å². The second kappa shape index (κ2) is 21.1. The molecule has 6 N–H and O–H groups in total. The number of nitrogens with zero attached hydrogens (tertiary/aromatic N) is 2. The number of nitrogens with one attached hydrogen (secondary N) is 6. The Kier molecular flexibility index (Phi) is 15.4. The van der Waals surface area contributed by atoms with Gasteiger partial charge in [0.1, 0.15) is 12.1 Å². The van der Waals surface area contributed by atoms with E-state index in [1.54, 1.807) is 47.4 Å². The fraction of sp³-hybridized carbons (Fsp3) is 0.359. The van der Waals surface area contributed by atoms with Gasteiger partial charge in [-0.25, -0.2) is 0 Å². The van der Waals surface area contributed by atoms with E-state index in [1.165, 1.54) is 18.6 Å². The van der Waals surface area contributed by atoms with Gasteiger partial charge < -0.3 is 50.5 Å². The molecule has 2 unspecified atom stereocenters. The smallest absolute Gasteiger partial charge is 0.287 e. The third kappa shape index (κ3) is 12.7. The van der Waals surface area contributed by atoms with Crippen molar-refractivity contribution in [2.24, 2.45) is 0 Å². The summed E-state index contributed by atoms with van der Waals surface area (Å²) in [5.74, 6) is -1.44. The van der Waals surface area contributed by atoms with Crippen molar-refractivity contribution >= 4 is 35.2 Å². The lowest BCUT2D eigenvalue weighted by atomic mass is 10.1. The van der Waals surface area contributed by atoms with Gasteiger partial charge in [0.05, 0.1) is 18.9 Å². The number of amides is 5. The summed E-state index contributed by atoms with van der Waals surface area (Å²) >= 11 is 0. The van der Waals surface area contributed by atoms with Crippen molar-refractivity contribution in [1.82, 2.24) is 36.4 Å². The highest BCUT2D eigenvalue weighted by molar-refractivity contribution is 6.02. The van der Waals surface area contributed by atoms with Crippen LogP contribution < -0.4 is 31.9 Å². The summed E-state index contributed by atoms with van der Waals surface area (Å²) < 4.78 is 10.2. The molecule has 2 fully saturated rings. The second-order valence-electron chi connectivity index (χ2n) is 12.8. The zero-order valence-electron chi connectivity index (χ0n) is 30.1. The number of para-hydroxylation sites is 1. The molecule has 2 aromatic heterocycles. The number of furan rings is 2. The summed E-state index contributed by atoms with van der Waals surface area (Å²) in [6.07, 6.45) is 3.25. The van der Waals surface area contributed by atoms with Crippen molar-refractivity contribution < 1.29 is 32.8 Å². The first-order chi connectivity index (χ1) is 26.4. The van der Waals surface area contributed by atoms with Gasteiger partial charge in [-0.3, -0.25) is 24.0 Å². The SMILES string of the molecule is O=C(NC(CC(=O)N1CCNCC1)C(=O)Nc1ccccc1)c1ccco1.O=C(NC(CCN1CCNCC1)C(=O)NCc1ccccc1)c1ccco1. The molecule has 2 saturated heterocycles. The zero-order chi connectivity index (χ0) is 38.0. The van der Waals surface area contributed by atoms with Gasteiger partial charge in [-0.15, -0.1) is 0 Å². The summed E-state index contributed by atoms with van der Waals surface area (Å²) in [4.78, 5) is 66.6. The Bertz CT molecular complexity index is 1740. The highest BCUT2D eigenvalue weighted by Gasteiger charge is 2.28. The lowest BCUT2D eigenvalue weighted by molar-refractivity contribution is -0.134. The van der Waals surface area contributed by atoms with Gasteiger partial charge in [0, 0.05) is 71.1 Å². The van der Waals surface area contributed by atoms with Crippen molar-refractivity contribution in [2.45, 2.75) is 31.5 Å². The summed E-state index contributed by atoms with van der Waals surface area (Å²) in [7, 11) is 0. The van der Waals surface area contributed by atoms with E-state index in [1.807, 2.05) is 36.4 Å². The molecule has 0 bridgehead atoms. The minimum atomic E-state index is -1.01. The summed E-state index contributed by atoms with van der Waals surface area (Å²) in [5.41, 5.74) is 1.61. The molecule has 2 aliphatic rings. The Hall–Kier alpha value is -5.77. The molecule has 15 heteroatoms. The average molecular weight is 741 g/mol. The Labute approximate surface area is 314 Å². The summed E-state index contributed by atoms with van der Waals surface area (Å²) in [6.45, 7) is 7.57. The molecular weight excluding hydrogens is 692 g/mol. The van der Waals surface area contributed by atoms with Crippen LogP contribution in [0.3, 0.4) is 0 Å². The molecule has 5 amide bonds. The number of benzene rings is 2. The molecule has 0 aliphatic carbocycles. The zero-order valence-corrected chi connectivity index (χ0v) is 30.1. The maximum Gasteiger partial charge on any atom is 0.287 e. The third-order valence-electron chi connectivity index (χ3n) is 8.88. The number of hydrogen-bond acceptors (Lipinski definition) is 10. The quantitative estimate of drug-likeness (QED) is 0.111. The Balaban J connectivity index is 0.000000208. The van der Waals surface area contributed by atoms with Crippen molar-refractivity contribution in [3.05, 3.63) is 115 Å². The maximum absolute atomic E-state index is 12.7. The van der Waals surface area contributed by atoms with Crippen LogP contribution in [0.5, 0.6) is 0 Å². The van der Waals surface area contributed by atoms with Crippen LogP contribution in [0.25, 0.3) is 0 Å².